The Labute approximate surface area is 105 Å². The van der Waals surface area contributed by atoms with Gasteiger partial charge in [0.1, 0.15) is 0 Å². The Morgan fingerprint density at radius 1 is 1.25 bits per heavy atom. The maximum absolute atomic E-state index is 3.64. The lowest BCUT2D eigenvalue weighted by Crippen LogP contribution is -2.38. The topological polar surface area (TPSA) is 12.0 Å². The molecule has 1 saturated carbocycles. The highest BCUT2D eigenvalue weighted by atomic mass is 35.5. The molecule has 1 N–H and O–H groups in total. The number of benzene rings is 1. The minimum absolute atomic E-state index is 0. The summed E-state index contributed by atoms with van der Waals surface area (Å²) in [5.41, 5.74) is 1.96. The summed E-state index contributed by atoms with van der Waals surface area (Å²) in [4.78, 5) is 0. The van der Waals surface area contributed by atoms with Gasteiger partial charge in [-0.3, -0.25) is 0 Å². The first-order valence-electron chi connectivity index (χ1n) is 5.98. The zero-order chi connectivity index (χ0) is 10.7. The van der Waals surface area contributed by atoms with E-state index in [-0.39, 0.29) is 12.4 Å². The van der Waals surface area contributed by atoms with Gasteiger partial charge < -0.3 is 5.32 Å². The predicted octanol–water partition coefficient (Wildman–Crippen LogP) is 3.95. The van der Waals surface area contributed by atoms with Gasteiger partial charge in [0, 0.05) is 12.6 Å². The normalized spacial score (nSPS) is 19.4. The van der Waals surface area contributed by atoms with Gasteiger partial charge >= 0.3 is 0 Å². The van der Waals surface area contributed by atoms with Crippen molar-refractivity contribution in [2.45, 2.75) is 39.2 Å². The number of hydrogen-bond donors (Lipinski definition) is 1. The molecular weight excluding hydrogens is 218 g/mol. The van der Waals surface area contributed by atoms with E-state index in [1.807, 2.05) is 0 Å². The molecule has 0 spiro atoms. The fraction of sp³-hybridized carbons (Fsp3) is 0.571. The van der Waals surface area contributed by atoms with Crippen LogP contribution in [0.5, 0.6) is 0 Å². The number of rotatable bonds is 4. The van der Waals surface area contributed by atoms with Crippen LogP contribution in [0.4, 0.5) is 0 Å². The minimum Gasteiger partial charge on any atom is -0.310 e. The Hall–Kier alpha value is -0.530. The number of nitrogens with one attached hydrogen (secondary N) is 1. The highest BCUT2D eigenvalue weighted by Gasteiger charge is 2.31. The van der Waals surface area contributed by atoms with Crippen LogP contribution < -0.4 is 5.32 Å². The lowest BCUT2D eigenvalue weighted by Gasteiger charge is -2.39. The molecule has 1 aromatic rings. The Morgan fingerprint density at radius 3 is 2.38 bits per heavy atom. The third-order valence-corrected chi connectivity index (χ3v) is 3.70. The first-order valence-corrected chi connectivity index (χ1v) is 5.98. The van der Waals surface area contributed by atoms with Crippen LogP contribution in [0.15, 0.2) is 30.3 Å². The lowest BCUT2D eigenvalue weighted by molar-refractivity contribution is 0.152. The van der Waals surface area contributed by atoms with Gasteiger partial charge in [0.15, 0.2) is 0 Å². The summed E-state index contributed by atoms with van der Waals surface area (Å²) < 4.78 is 0. The average molecular weight is 240 g/mol. The third kappa shape index (κ3) is 3.23. The summed E-state index contributed by atoms with van der Waals surface area (Å²) in [5.74, 6) is 0. The molecule has 2 heteroatoms. The van der Waals surface area contributed by atoms with E-state index in [0.29, 0.717) is 11.5 Å². The van der Waals surface area contributed by atoms with Gasteiger partial charge in [-0.1, -0.05) is 43.7 Å². The van der Waals surface area contributed by atoms with E-state index in [9.17, 15) is 0 Å². The fourth-order valence-corrected chi connectivity index (χ4v) is 2.22. The van der Waals surface area contributed by atoms with E-state index in [4.69, 9.17) is 0 Å². The standard InChI is InChI=1S/C14H21N.ClH/c1-12(13-7-4-3-5-8-13)15-11-14(2)9-6-10-14;/h3-5,7-8,12,15H,6,9-11H2,1-2H3;1H. The van der Waals surface area contributed by atoms with E-state index in [1.165, 1.54) is 24.8 Å². The van der Waals surface area contributed by atoms with Crippen molar-refractivity contribution >= 4 is 12.4 Å². The quantitative estimate of drug-likeness (QED) is 0.839. The second kappa shape index (κ2) is 5.70. The molecule has 1 fully saturated rings. The molecule has 0 bridgehead atoms. The van der Waals surface area contributed by atoms with Crippen LogP contribution in [0.25, 0.3) is 0 Å². The molecular formula is C14H22ClN. The van der Waals surface area contributed by atoms with Crippen LogP contribution >= 0.6 is 12.4 Å². The third-order valence-electron chi connectivity index (χ3n) is 3.70. The Balaban J connectivity index is 0.00000128. The SMILES string of the molecule is CC(NCC1(C)CCC1)c1ccccc1.Cl. The Kier molecular flexibility index (Phi) is 4.82. The molecule has 0 aromatic heterocycles. The number of hydrogen-bond acceptors (Lipinski definition) is 1. The first kappa shape index (κ1) is 13.5. The van der Waals surface area contributed by atoms with E-state index in [1.54, 1.807) is 0 Å². The average Bonchev–Trinajstić information content (AvgIpc) is 2.24. The van der Waals surface area contributed by atoms with E-state index in [2.05, 4.69) is 49.5 Å². The number of halogens is 1. The van der Waals surface area contributed by atoms with Crippen molar-refractivity contribution < 1.29 is 0 Å². The Morgan fingerprint density at radius 2 is 1.88 bits per heavy atom. The van der Waals surface area contributed by atoms with Crippen molar-refractivity contribution in [3.8, 4) is 0 Å². The van der Waals surface area contributed by atoms with Gasteiger partial charge in [0.2, 0.25) is 0 Å². The smallest absolute Gasteiger partial charge is 0.0292 e. The predicted molar refractivity (Wildman–Crippen MR) is 72.1 cm³/mol. The molecule has 16 heavy (non-hydrogen) atoms. The van der Waals surface area contributed by atoms with Crippen LogP contribution in [-0.2, 0) is 0 Å². The van der Waals surface area contributed by atoms with Crippen LogP contribution in [0.3, 0.4) is 0 Å². The summed E-state index contributed by atoms with van der Waals surface area (Å²) in [5, 5.41) is 3.64. The van der Waals surface area contributed by atoms with Crippen molar-refractivity contribution in [2.24, 2.45) is 5.41 Å². The molecule has 1 aliphatic rings. The van der Waals surface area contributed by atoms with E-state index >= 15 is 0 Å². The summed E-state index contributed by atoms with van der Waals surface area (Å²) in [7, 11) is 0. The van der Waals surface area contributed by atoms with Crippen LogP contribution in [-0.4, -0.2) is 6.54 Å². The second-order valence-corrected chi connectivity index (χ2v) is 5.18. The highest BCUT2D eigenvalue weighted by Crippen LogP contribution is 2.39. The molecule has 0 amide bonds. The molecule has 1 unspecified atom stereocenters. The van der Waals surface area contributed by atoms with Crippen molar-refractivity contribution in [3.05, 3.63) is 35.9 Å². The molecule has 0 radical (unpaired) electrons. The summed E-state index contributed by atoms with van der Waals surface area (Å²) in [6.45, 7) is 5.79. The van der Waals surface area contributed by atoms with Gasteiger partial charge in [0.25, 0.3) is 0 Å². The largest absolute Gasteiger partial charge is 0.310 e. The zero-order valence-electron chi connectivity index (χ0n) is 10.2. The van der Waals surface area contributed by atoms with Crippen LogP contribution in [0.2, 0.25) is 0 Å². The van der Waals surface area contributed by atoms with E-state index in [0.717, 1.165) is 6.54 Å². The van der Waals surface area contributed by atoms with E-state index < -0.39 is 0 Å². The summed E-state index contributed by atoms with van der Waals surface area (Å²) >= 11 is 0. The first-order chi connectivity index (χ1) is 7.20. The molecule has 1 nitrogen and oxygen atoms in total. The molecule has 2 rings (SSSR count). The molecule has 0 saturated heterocycles. The molecule has 1 aromatic carbocycles. The minimum atomic E-state index is 0. The maximum atomic E-state index is 3.64. The molecule has 0 heterocycles. The highest BCUT2D eigenvalue weighted by molar-refractivity contribution is 5.85. The molecule has 90 valence electrons. The van der Waals surface area contributed by atoms with Gasteiger partial charge in [0.05, 0.1) is 0 Å². The van der Waals surface area contributed by atoms with Crippen molar-refractivity contribution in [2.75, 3.05) is 6.54 Å². The molecule has 0 aliphatic heterocycles. The monoisotopic (exact) mass is 239 g/mol. The van der Waals surface area contributed by atoms with Crippen LogP contribution in [0, 0.1) is 5.41 Å². The van der Waals surface area contributed by atoms with Gasteiger partial charge in [-0.05, 0) is 30.7 Å². The van der Waals surface area contributed by atoms with Crippen molar-refractivity contribution in [1.29, 1.82) is 0 Å². The summed E-state index contributed by atoms with van der Waals surface area (Å²) in [6.07, 6.45) is 4.20. The lowest BCUT2D eigenvalue weighted by atomic mass is 9.70. The van der Waals surface area contributed by atoms with Gasteiger partial charge in [-0.25, -0.2) is 0 Å². The zero-order valence-corrected chi connectivity index (χ0v) is 11.0. The fourth-order valence-electron chi connectivity index (χ4n) is 2.22. The second-order valence-electron chi connectivity index (χ2n) is 5.18. The summed E-state index contributed by atoms with van der Waals surface area (Å²) in [6, 6.07) is 11.2. The van der Waals surface area contributed by atoms with Gasteiger partial charge in [-0.15, -0.1) is 12.4 Å². The van der Waals surface area contributed by atoms with Gasteiger partial charge in [-0.2, -0.15) is 0 Å². The van der Waals surface area contributed by atoms with Crippen molar-refractivity contribution in [1.82, 2.24) is 5.32 Å². The van der Waals surface area contributed by atoms with Crippen LogP contribution in [0.1, 0.15) is 44.7 Å². The van der Waals surface area contributed by atoms with Crippen molar-refractivity contribution in [3.63, 3.8) is 0 Å². The maximum Gasteiger partial charge on any atom is 0.0292 e. The molecule has 1 aliphatic carbocycles. The Bertz CT molecular complexity index is 306. The molecule has 1 atom stereocenters.